The molecule has 0 aromatic carbocycles. The standard InChI is InChI=1S/C24H22F4N6O/c1-13-7-16(20(31-10-13)22-29-5-2-6-30-22)23(35)34-12-14-3-4-19(34)18(8-14)33-21-17(25)9-15(11-32-21)24(26,27)28/h2,5-7,9-11,14,18-19H,3-4,8,12H2,1H3,(H,32,33)/t14-,18-,19+/m1/s1. The zero-order valence-corrected chi connectivity index (χ0v) is 18.8. The first-order valence-corrected chi connectivity index (χ1v) is 11.2. The van der Waals surface area contributed by atoms with Gasteiger partial charge in [-0.2, -0.15) is 13.2 Å². The SMILES string of the molecule is Cc1cnc(-c2ncccn2)c(C(=O)N2C[C@@H]3CC[C@H]2[C@H](Nc2ncc(C(F)(F)F)cc2F)C3)c1. The number of nitrogens with zero attached hydrogens (tertiary/aromatic N) is 5. The Hall–Kier alpha value is -3.63. The van der Waals surface area contributed by atoms with Crippen LogP contribution in [0.2, 0.25) is 0 Å². The van der Waals surface area contributed by atoms with Gasteiger partial charge in [-0.05, 0) is 55.9 Å². The number of aromatic nitrogens is 4. The Kier molecular flexibility index (Phi) is 5.86. The second-order valence-electron chi connectivity index (χ2n) is 8.99. The van der Waals surface area contributed by atoms with Gasteiger partial charge in [-0.15, -0.1) is 0 Å². The number of nitrogens with one attached hydrogen (secondary N) is 1. The van der Waals surface area contributed by atoms with Gasteiger partial charge < -0.3 is 10.2 Å². The molecule has 35 heavy (non-hydrogen) atoms. The van der Waals surface area contributed by atoms with E-state index >= 15 is 0 Å². The average molecular weight is 486 g/mol. The summed E-state index contributed by atoms with van der Waals surface area (Å²) in [5.41, 5.74) is 0.412. The van der Waals surface area contributed by atoms with Crippen LogP contribution in [0.5, 0.6) is 0 Å². The number of halogens is 4. The molecular formula is C24H22F4N6O. The summed E-state index contributed by atoms with van der Waals surface area (Å²) in [5, 5.41) is 2.97. The van der Waals surface area contributed by atoms with E-state index in [1.165, 1.54) is 0 Å². The number of pyridine rings is 2. The molecule has 3 aromatic heterocycles. The minimum Gasteiger partial charge on any atom is -0.363 e. The number of hydrogen-bond donors (Lipinski definition) is 1. The number of carbonyl (C=O) groups excluding carboxylic acids is 1. The van der Waals surface area contributed by atoms with Crippen molar-refractivity contribution in [2.75, 3.05) is 11.9 Å². The molecule has 1 saturated carbocycles. The Bertz CT molecular complexity index is 1250. The van der Waals surface area contributed by atoms with E-state index in [9.17, 15) is 22.4 Å². The van der Waals surface area contributed by atoms with Crippen molar-refractivity contribution in [3.05, 3.63) is 65.5 Å². The summed E-state index contributed by atoms with van der Waals surface area (Å²) in [4.78, 5) is 32.1. The molecule has 3 aliphatic rings. The van der Waals surface area contributed by atoms with Crippen LogP contribution in [0.15, 0.2) is 43.0 Å². The molecule has 3 fully saturated rings. The fourth-order valence-corrected chi connectivity index (χ4v) is 4.94. The molecule has 7 nitrogen and oxygen atoms in total. The van der Waals surface area contributed by atoms with Gasteiger partial charge in [-0.3, -0.25) is 9.78 Å². The Balaban J connectivity index is 1.42. The first-order chi connectivity index (χ1) is 16.7. The second kappa shape index (κ2) is 8.86. The lowest BCUT2D eigenvalue weighted by Crippen LogP contribution is -2.60. The highest BCUT2D eigenvalue weighted by atomic mass is 19.4. The van der Waals surface area contributed by atoms with E-state index in [0.717, 1.165) is 12.0 Å². The number of amides is 1. The van der Waals surface area contributed by atoms with Gasteiger partial charge in [0.05, 0.1) is 17.2 Å². The van der Waals surface area contributed by atoms with Crippen LogP contribution in [-0.2, 0) is 6.18 Å². The molecule has 6 rings (SSSR count). The number of hydrogen-bond acceptors (Lipinski definition) is 6. The molecule has 0 unspecified atom stereocenters. The summed E-state index contributed by atoms with van der Waals surface area (Å²) in [6.45, 7) is 2.37. The zero-order valence-electron chi connectivity index (χ0n) is 18.8. The van der Waals surface area contributed by atoms with Gasteiger partial charge in [0.25, 0.3) is 5.91 Å². The van der Waals surface area contributed by atoms with E-state index in [1.54, 1.807) is 35.6 Å². The van der Waals surface area contributed by atoms with Crippen LogP contribution < -0.4 is 5.32 Å². The summed E-state index contributed by atoms with van der Waals surface area (Å²) < 4.78 is 53.1. The maximum Gasteiger partial charge on any atom is 0.417 e. The molecule has 5 heterocycles. The predicted octanol–water partition coefficient (Wildman–Crippen LogP) is 4.51. The fourth-order valence-electron chi connectivity index (χ4n) is 4.94. The van der Waals surface area contributed by atoms with Gasteiger partial charge in [-0.1, -0.05) is 0 Å². The third kappa shape index (κ3) is 4.54. The van der Waals surface area contributed by atoms with Crippen LogP contribution in [0.25, 0.3) is 11.5 Å². The predicted molar refractivity (Wildman–Crippen MR) is 119 cm³/mol. The average Bonchev–Trinajstić information content (AvgIpc) is 2.85. The third-order valence-corrected chi connectivity index (χ3v) is 6.56. The Morgan fingerprint density at radius 3 is 2.54 bits per heavy atom. The molecule has 0 spiro atoms. The first-order valence-electron chi connectivity index (χ1n) is 11.2. The number of piperidine rings is 2. The van der Waals surface area contributed by atoms with Crippen LogP contribution in [0, 0.1) is 18.7 Å². The Morgan fingerprint density at radius 2 is 1.86 bits per heavy atom. The normalized spacial score (nSPS) is 21.7. The van der Waals surface area contributed by atoms with Crippen molar-refractivity contribution < 1.29 is 22.4 Å². The smallest absolute Gasteiger partial charge is 0.363 e. The van der Waals surface area contributed by atoms with Crippen LogP contribution in [0.1, 0.15) is 40.7 Å². The van der Waals surface area contributed by atoms with E-state index in [1.807, 2.05) is 6.92 Å². The van der Waals surface area contributed by atoms with Crippen molar-refractivity contribution in [2.45, 2.75) is 44.4 Å². The van der Waals surface area contributed by atoms with Crippen LogP contribution in [0.3, 0.4) is 0 Å². The largest absolute Gasteiger partial charge is 0.417 e. The highest BCUT2D eigenvalue weighted by Crippen LogP contribution is 2.38. The van der Waals surface area contributed by atoms with E-state index < -0.39 is 17.6 Å². The molecule has 2 saturated heterocycles. The summed E-state index contributed by atoms with van der Waals surface area (Å²) in [6, 6.07) is 3.24. The topological polar surface area (TPSA) is 83.9 Å². The maximum absolute atomic E-state index is 14.5. The van der Waals surface area contributed by atoms with Crippen LogP contribution >= 0.6 is 0 Å². The summed E-state index contributed by atoms with van der Waals surface area (Å²) in [5.74, 6) is -1.05. The molecule has 2 bridgehead atoms. The molecule has 2 aliphatic heterocycles. The summed E-state index contributed by atoms with van der Waals surface area (Å²) in [7, 11) is 0. The van der Waals surface area contributed by atoms with Crippen molar-refractivity contribution in [3.8, 4) is 11.5 Å². The van der Waals surface area contributed by atoms with Gasteiger partial charge in [0.15, 0.2) is 17.5 Å². The molecule has 0 radical (unpaired) electrons. The molecule has 11 heteroatoms. The zero-order chi connectivity index (χ0) is 24.7. The van der Waals surface area contributed by atoms with E-state index in [0.29, 0.717) is 48.7 Å². The van der Waals surface area contributed by atoms with Crippen molar-refractivity contribution in [3.63, 3.8) is 0 Å². The highest BCUT2D eigenvalue weighted by molar-refractivity contribution is 5.99. The van der Waals surface area contributed by atoms with Crippen molar-refractivity contribution in [1.29, 1.82) is 0 Å². The number of anilines is 1. The van der Waals surface area contributed by atoms with Gasteiger partial charge in [0.2, 0.25) is 0 Å². The Labute approximate surface area is 198 Å². The minimum atomic E-state index is -4.68. The van der Waals surface area contributed by atoms with E-state index in [2.05, 4.69) is 25.3 Å². The van der Waals surface area contributed by atoms with Gasteiger partial charge in [-0.25, -0.2) is 19.3 Å². The van der Waals surface area contributed by atoms with Crippen molar-refractivity contribution in [1.82, 2.24) is 24.8 Å². The fraction of sp³-hybridized carbons (Fsp3) is 0.375. The second-order valence-corrected chi connectivity index (χ2v) is 8.99. The van der Waals surface area contributed by atoms with Crippen molar-refractivity contribution >= 4 is 11.7 Å². The monoisotopic (exact) mass is 486 g/mol. The van der Waals surface area contributed by atoms with E-state index in [-0.39, 0.29) is 29.7 Å². The lowest BCUT2D eigenvalue weighted by molar-refractivity contribution is -0.138. The lowest BCUT2D eigenvalue weighted by atomic mass is 9.76. The molecule has 3 aromatic rings. The van der Waals surface area contributed by atoms with Crippen LogP contribution in [-0.4, -0.2) is 49.4 Å². The number of carbonyl (C=O) groups is 1. The molecule has 1 aliphatic carbocycles. The molecular weight excluding hydrogens is 464 g/mol. The van der Waals surface area contributed by atoms with Gasteiger partial charge in [0.1, 0.15) is 5.69 Å². The third-order valence-electron chi connectivity index (χ3n) is 6.56. The number of rotatable bonds is 4. The molecule has 3 atom stereocenters. The number of alkyl halides is 3. The highest BCUT2D eigenvalue weighted by Gasteiger charge is 2.44. The maximum atomic E-state index is 14.5. The number of fused-ring (bicyclic) bond motifs is 3. The number of aryl methyl sites for hydroxylation is 1. The molecule has 1 N–H and O–H groups in total. The summed E-state index contributed by atoms with van der Waals surface area (Å²) >= 11 is 0. The quantitative estimate of drug-likeness (QED) is 0.547. The van der Waals surface area contributed by atoms with E-state index in [4.69, 9.17) is 0 Å². The van der Waals surface area contributed by atoms with Gasteiger partial charge >= 0.3 is 6.18 Å². The molecule has 182 valence electrons. The summed E-state index contributed by atoms with van der Waals surface area (Å²) in [6.07, 6.45) is 3.00. The Morgan fingerprint density at radius 1 is 1.09 bits per heavy atom. The lowest BCUT2D eigenvalue weighted by Gasteiger charge is -2.50. The van der Waals surface area contributed by atoms with Gasteiger partial charge in [0, 0.05) is 37.4 Å². The molecule has 1 amide bonds. The minimum absolute atomic E-state index is 0.174. The first kappa shape index (κ1) is 23.1. The van der Waals surface area contributed by atoms with Crippen LogP contribution in [0.4, 0.5) is 23.4 Å². The van der Waals surface area contributed by atoms with Crippen molar-refractivity contribution in [2.24, 2.45) is 5.92 Å².